The molecule has 0 aliphatic carbocycles. The standard InChI is InChI=1S/C15H20N2O2S/c1-16-6-2-4-15(14(16)19)5-7-17(11-15)13(18)9-12-3-8-20-10-12/h3,8,10H,2,4-7,9,11H2,1H3/t15-/m1/s1. The van der Waals surface area contributed by atoms with Gasteiger partial charge >= 0.3 is 0 Å². The van der Waals surface area contributed by atoms with Gasteiger partial charge in [0.25, 0.3) is 0 Å². The third-order valence-electron chi connectivity index (χ3n) is 4.59. The molecule has 1 aromatic rings. The van der Waals surface area contributed by atoms with Crippen molar-refractivity contribution in [2.45, 2.75) is 25.7 Å². The van der Waals surface area contributed by atoms with E-state index in [1.807, 2.05) is 33.7 Å². The van der Waals surface area contributed by atoms with Gasteiger partial charge in [-0.2, -0.15) is 11.3 Å². The van der Waals surface area contributed by atoms with Gasteiger partial charge in [0.1, 0.15) is 0 Å². The van der Waals surface area contributed by atoms with E-state index >= 15 is 0 Å². The summed E-state index contributed by atoms with van der Waals surface area (Å²) < 4.78 is 0. The lowest BCUT2D eigenvalue weighted by atomic mass is 9.78. The maximum Gasteiger partial charge on any atom is 0.230 e. The number of carbonyl (C=O) groups excluding carboxylic acids is 2. The Bertz CT molecular complexity index is 514. The Hall–Kier alpha value is -1.36. The number of likely N-dealkylation sites (tertiary alicyclic amines) is 2. The SMILES string of the molecule is CN1CCC[C@]2(CCN(C(=O)Cc3ccsc3)C2)C1=O. The number of hydrogen-bond acceptors (Lipinski definition) is 3. The first-order valence-electron chi connectivity index (χ1n) is 7.15. The van der Waals surface area contributed by atoms with Gasteiger partial charge in [0, 0.05) is 26.7 Å². The van der Waals surface area contributed by atoms with Crippen molar-refractivity contribution in [2.75, 3.05) is 26.7 Å². The van der Waals surface area contributed by atoms with Crippen molar-refractivity contribution >= 4 is 23.2 Å². The maximum absolute atomic E-state index is 12.4. The molecule has 1 atom stereocenters. The predicted molar refractivity (Wildman–Crippen MR) is 78.5 cm³/mol. The van der Waals surface area contributed by atoms with Crippen LogP contribution in [0.15, 0.2) is 16.8 Å². The molecule has 2 aliphatic heterocycles. The topological polar surface area (TPSA) is 40.6 Å². The summed E-state index contributed by atoms with van der Waals surface area (Å²) in [5.41, 5.74) is 0.783. The molecule has 3 heterocycles. The van der Waals surface area contributed by atoms with E-state index in [0.717, 1.165) is 37.9 Å². The van der Waals surface area contributed by atoms with Crippen molar-refractivity contribution in [1.29, 1.82) is 0 Å². The number of rotatable bonds is 2. The third-order valence-corrected chi connectivity index (χ3v) is 5.32. The number of piperidine rings is 1. The fraction of sp³-hybridized carbons (Fsp3) is 0.600. The fourth-order valence-electron chi connectivity index (χ4n) is 3.41. The van der Waals surface area contributed by atoms with Gasteiger partial charge in [-0.15, -0.1) is 0 Å². The summed E-state index contributed by atoms with van der Waals surface area (Å²) in [6, 6.07) is 1.99. The number of nitrogens with zero attached hydrogens (tertiary/aromatic N) is 2. The minimum Gasteiger partial charge on any atom is -0.345 e. The Morgan fingerprint density at radius 3 is 3.00 bits per heavy atom. The van der Waals surface area contributed by atoms with Crippen molar-refractivity contribution < 1.29 is 9.59 Å². The largest absolute Gasteiger partial charge is 0.345 e. The Morgan fingerprint density at radius 2 is 2.25 bits per heavy atom. The molecule has 0 bridgehead atoms. The van der Waals surface area contributed by atoms with Gasteiger partial charge in [-0.1, -0.05) is 0 Å². The first-order chi connectivity index (χ1) is 9.61. The predicted octanol–water partition coefficient (Wildman–Crippen LogP) is 1.76. The van der Waals surface area contributed by atoms with Gasteiger partial charge in [0.15, 0.2) is 0 Å². The molecule has 4 nitrogen and oxygen atoms in total. The van der Waals surface area contributed by atoms with Crippen molar-refractivity contribution in [2.24, 2.45) is 5.41 Å². The van der Waals surface area contributed by atoms with Crippen LogP contribution in [0, 0.1) is 5.41 Å². The summed E-state index contributed by atoms with van der Waals surface area (Å²) in [6.07, 6.45) is 3.27. The van der Waals surface area contributed by atoms with E-state index in [4.69, 9.17) is 0 Å². The minimum absolute atomic E-state index is 0.154. The van der Waals surface area contributed by atoms with E-state index in [0.29, 0.717) is 13.0 Å². The maximum atomic E-state index is 12.4. The second-order valence-electron chi connectivity index (χ2n) is 5.98. The summed E-state index contributed by atoms with van der Waals surface area (Å²) in [5, 5.41) is 4.01. The molecule has 108 valence electrons. The van der Waals surface area contributed by atoms with Crippen LogP contribution in [-0.4, -0.2) is 48.3 Å². The van der Waals surface area contributed by atoms with Crippen molar-refractivity contribution in [1.82, 2.24) is 9.80 Å². The van der Waals surface area contributed by atoms with Crippen molar-refractivity contribution in [3.8, 4) is 0 Å². The van der Waals surface area contributed by atoms with Crippen LogP contribution in [0.3, 0.4) is 0 Å². The van der Waals surface area contributed by atoms with E-state index in [2.05, 4.69) is 0 Å². The lowest BCUT2D eigenvalue weighted by Crippen LogP contribution is -2.48. The molecule has 2 fully saturated rings. The van der Waals surface area contributed by atoms with Gasteiger partial charge in [-0.3, -0.25) is 9.59 Å². The van der Waals surface area contributed by atoms with Crippen molar-refractivity contribution in [3.63, 3.8) is 0 Å². The van der Waals surface area contributed by atoms with Crippen LogP contribution in [0.1, 0.15) is 24.8 Å². The highest BCUT2D eigenvalue weighted by atomic mass is 32.1. The van der Waals surface area contributed by atoms with Gasteiger partial charge in [0.05, 0.1) is 11.8 Å². The first-order valence-corrected chi connectivity index (χ1v) is 8.09. The summed E-state index contributed by atoms with van der Waals surface area (Å²) in [4.78, 5) is 28.5. The lowest BCUT2D eigenvalue weighted by Gasteiger charge is -2.37. The molecule has 1 aromatic heterocycles. The molecule has 0 aromatic carbocycles. The molecule has 0 saturated carbocycles. The average molecular weight is 292 g/mol. The Balaban J connectivity index is 1.67. The minimum atomic E-state index is -0.294. The summed E-state index contributed by atoms with van der Waals surface area (Å²) in [6.45, 7) is 2.19. The number of thiophene rings is 1. The molecule has 2 amide bonds. The van der Waals surface area contributed by atoms with Crippen molar-refractivity contribution in [3.05, 3.63) is 22.4 Å². The zero-order chi connectivity index (χ0) is 14.2. The van der Waals surface area contributed by atoms with Crippen LogP contribution in [0.4, 0.5) is 0 Å². The summed E-state index contributed by atoms with van der Waals surface area (Å²) in [7, 11) is 1.87. The monoisotopic (exact) mass is 292 g/mol. The second kappa shape index (κ2) is 5.20. The van der Waals surface area contributed by atoms with E-state index in [9.17, 15) is 9.59 Å². The van der Waals surface area contributed by atoms with Crippen LogP contribution in [0.5, 0.6) is 0 Å². The van der Waals surface area contributed by atoms with Crippen LogP contribution in [0.2, 0.25) is 0 Å². The third kappa shape index (κ3) is 2.35. The quantitative estimate of drug-likeness (QED) is 0.833. The Morgan fingerprint density at radius 1 is 1.40 bits per heavy atom. The van der Waals surface area contributed by atoms with Crippen LogP contribution in [0.25, 0.3) is 0 Å². The average Bonchev–Trinajstić information content (AvgIpc) is 3.06. The molecule has 5 heteroatoms. The molecule has 3 rings (SSSR count). The smallest absolute Gasteiger partial charge is 0.230 e. The lowest BCUT2D eigenvalue weighted by molar-refractivity contribution is -0.144. The highest BCUT2D eigenvalue weighted by molar-refractivity contribution is 7.07. The first kappa shape index (κ1) is 13.6. The zero-order valence-electron chi connectivity index (χ0n) is 11.8. The summed E-state index contributed by atoms with van der Waals surface area (Å²) in [5.74, 6) is 0.385. The second-order valence-corrected chi connectivity index (χ2v) is 6.76. The molecule has 2 aliphatic rings. The molecular weight excluding hydrogens is 272 g/mol. The molecule has 20 heavy (non-hydrogen) atoms. The molecule has 0 N–H and O–H groups in total. The molecular formula is C15H20N2O2S. The normalized spacial score (nSPS) is 26.6. The van der Waals surface area contributed by atoms with Gasteiger partial charge in [-0.25, -0.2) is 0 Å². The number of carbonyl (C=O) groups is 2. The molecule has 0 unspecified atom stereocenters. The number of amides is 2. The van der Waals surface area contributed by atoms with Gasteiger partial charge in [0.2, 0.25) is 11.8 Å². The van der Waals surface area contributed by atoms with Crippen LogP contribution in [-0.2, 0) is 16.0 Å². The van der Waals surface area contributed by atoms with Crippen LogP contribution >= 0.6 is 11.3 Å². The van der Waals surface area contributed by atoms with E-state index < -0.39 is 0 Å². The zero-order valence-corrected chi connectivity index (χ0v) is 12.6. The molecule has 0 radical (unpaired) electrons. The van der Waals surface area contributed by atoms with E-state index in [1.165, 1.54) is 0 Å². The molecule has 1 spiro atoms. The Kier molecular flexibility index (Phi) is 3.54. The fourth-order valence-corrected chi connectivity index (χ4v) is 4.08. The molecule has 2 saturated heterocycles. The highest BCUT2D eigenvalue weighted by Gasteiger charge is 2.48. The van der Waals surface area contributed by atoms with Gasteiger partial charge < -0.3 is 9.80 Å². The summed E-state index contributed by atoms with van der Waals surface area (Å²) >= 11 is 1.61. The van der Waals surface area contributed by atoms with E-state index in [1.54, 1.807) is 11.3 Å². The number of hydrogen-bond donors (Lipinski definition) is 0. The van der Waals surface area contributed by atoms with E-state index in [-0.39, 0.29) is 17.2 Å². The van der Waals surface area contributed by atoms with Gasteiger partial charge in [-0.05, 0) is 41.7 Å². The van der Waals surface area contributed by atoms with Crippen LogP contribution < -0.4 is 0 Å². The highest BCUT2D eigenvalue weighted by Crippen LogP contribution is 2.39. The Labute approximate surface area is 123 Å².